The molecule has 2 heterocycles. The van der Waals surface area contributed by atoms with E-state index in [4.69, 9.17) is 16.6 Å². The van der Waals surface area contributed by atoms with Crippen LogP contribution in [0.15, 0.2) is 46.5 Å². The van der Waals surface area contributed by atoms with E-state index >= 15 is 0 Å². The van der Waals surface area contributed by atoms with Crippen LogP contribution in [0.2, 0.25) is 5.02 Å². The Morgan fingerprint density at radius 2 is 1.91 bits per heavy atom. The molecular formula is C25H29ClFN3O2S2. The normalized spacial score (nSPS) is 20.4. The number of aromatic nitrogens is 2. The minimum absolute atomic E-state index is 0.297. The lowest BCUT2D eigenvalue weighted by Gasteiger charge is -2.30. The Morgan fingerprint density at radius 3 is 2.65 bits per heavy atom. The van der Waals surface area contributed by atoms with Crippen LogP contribution >= 0.6 is 23.4 Å². The third-order valence-electron chi connectivity index (χ3n) is 6.95. The van der Waals surface area contributed by atoms with Gasteiger partial charge in [0.1, 0.15) is 5.82 Å². The summed E-state index contributed by atoms with van der Waals surface area (Å²) >= 11 is 7.38. The summed E-state index contributed by atoms with van der Waals surface area (Å²) in [5.41, 5.74) is 2.19. The van der Waals surface area contributed by atoms with Crippen LogP contribution < -0.4 is 0 Å². The van der Waals surface area contributed by atoms with Gasteiger partial charge in [-0.25, -0.2) is 17.8 Å². The number of imidazole rings is 1. The van der Waals surface area contributed by atoms with Crippen molar-refractivity contribution in [2.75, 3.05) is 13.1 Å². The Bertz CT molecular complexity index is 1300. The molecule has 5 nitrogen and oxygen atoms in total. The minimum Gasteiger partial charge on any atom is -0.316 e. The van der Waals surface area contributed by atoms with Gasteiger partial charge in [-0.15, -0.1) is 0 Å². The molecule has 1 saturated heterocycles. The first-order valence-electron chi connectivity index (χ1n) is 11.9. The predicted octanol–water partition coefficient (Wildman–Crippen LogP) is 6.66. The molecule has 0 radical (unpaired) electrons. The molecule has 1 aliphatic carbocycles. The summed E-state index contributed by atoms with van der Waals surface area (Å²) in [5, 5.41) is 1.18. The Hall–Kier alpha value is -1.61. The zero-order chi connectivity index (χ0) is 23.9. The molecule has 1 aliphatic heterocycles. The van der Waals surface area contributed by atoms with Crippen molar-refractivity contribution in [1.29, 1.82) is 0 Å². The summed E-state index contributed by atoms with van der Waals surface area (Å²) in [5.74, 6) is 0.466. The molecule has 182 valence electrons. The third-order valence-corrected chi connectivity index (χ3v) is 10.0. The summed E-state index contributed by atoms with van der Waals surface area (Å²) in [6.07, 6.45) is 6.42. The lowest BCUT2D eigenvalue weighted by Crippen LogP contribution is -2.39. The highest BCUT2D eigenvalue weighted by atomic mass is 35.5. The van der Waals surface area contributed by atoms with E-state index in [-0.39, 0.29) is 5.82 Å². The van der Waals surface area contributed by atoms with Gasteiger partial charge in [-0.3, -0.25) is 0 Å². The fourth-order valence-corrected chi connectivity index (χ4v) is 7.97. The number of nitrogens with zero attached hydrogens (tertiary/aromatic N) is 3. The van der Waals surface area contributed by atoms with Gasteiger partial charge in [0.2, 0.25) is 10.0 Å². The quantitative estimate of drug-likeness (QED) is 0.340. The SMILES string of the molecule is C[C@@H]1CCCN(S(=O)(=O)c2ccc3c(c2)nc(SCc2ccc(Cl)cc2F)n3C2CCCC2)C1. The van der Waals surface area contributed by atoms with Gasteiger partial charge in [0.05, 0.1) is 15.9 Å². The number of fused-ring (bicyclic) bond motifs is 1. The maximum atomic E-state index is 14.4. The molecule has 0 spiro atoms. The summed E-state index contributed by atoms with van der Waals surface area (Å²) < 4.78 is 44.9. The number of halogens is 2. The van der Waals surface area contributed by atoms with Crippen molar-refractivity contribution in [2.45, 2.75) is 67.3 Å². The van der Waals surface area contributed by atoms with Crippen molar-refractivity contribution in [2.24, 2.45) is 5.92 Å². The predicted molar refractivity (Wildman–Crippen MR) is 135 cm³/mol. The largest absolute Gasteiger partial charge is 0.316 e. The highest BCUT2D eigenvalue weighted by Crippen LogP contribution is 2.38. The minimum atomic E-state index is -3.56. The van der Waals surface area contributed by atoms with Crippen LogP contribution in [-0.2, 0) is 15.8 Å². The van der Waals surface area contributed by atoms with E-state index < -0.39 is 10.0 Å². The highest BCUT2D eigenvalue weighted by Gasteiger charge is 2.30. The fraction of sp³-hybridized carbons (Fsp3) is 0.480. The number of hydrogen-bond acceptors (Lipinski definition) is 4. The Morgan fingerprint density at radius 1 is 1.12 bits per heavy atom. The molecule has 2 aromatic carbocycles. The van der Waals surface area contributed by atoms with E-state index in [9.17, 15) is 12.8 Å². The van der Waals surface area contributed by atoms with Gasteiger partial charge < -0.3 is 4.57 Å². The van der Waals surface area contributed by atoms with Crippen molar-refractivity contribution in [3.8, 4) is 0 Å². The molecule has 0 amide bonds. The molecule has 34 heavy (non-hydrogen) atoms. The van der Waals surface area contributed by atoms with Gasteiger partial charge >= 0.3 is 0 Å². The van der Waals surface area contributed by atoms with Gasteiger partial charge in [-0.05, 0) is 67.5 Å². The van der Waals surface area contributed by atoms with Crippen molar-refractivity contribution < 1.29 is 12.8 Å². The summed E-state index contributed by atoms with van der Waals surface area (Å²) in [6, 6.07) is 10.4. The average molecular weight is 522 g/mol. The molecular weight excluding hydrogens is 493 g/mol. The fourth-order valence-electron chi connectivity index (χ4n) is 5.13. The molecule has 0 unspecified atom stereocenters. The number of sulfonamides is 1. The van der Waals surface area contributed by atoms with Crippen LogP contribution in [0.1, 0.15) is 57.1 Å². The van der Waals surface area contributed by atoms with E-state index in [1.165, 1.54) is 30.7 Å². The standard InChI is InChI=1S/C25H29ClFN3O2S2/c1-17-5-4-12-29(15-17)34(31,32)21-10-11-24-23(14-21)28-25(30(24)20-6-2-3-7-20)33-16-18-8-9-19(26)13-22(18)27/h8-11,13-14,17,20H,2-7,12,15-16H2,1H3/t17-/m1/s1. The number of benzene rings is 2. The Balaban J connectivity index is 1.49. The van der Waals surface area contributed by atoms with Gasteiger partial charge in [0, 0.05) is 29.9 Å². The van der Waals surface area contributed by atoms with Crippen molar-refractivity contribution in [3.63, 3.8) is 0 Å². The summed E-state index contributed by atoms with van der Waals surface area (Å²) in [4.78, 5) is 5.14. The van der Waals surface area contributed by atoms with E-state index in [0.717, 1.165) is 36.4 Å². The van der Waals surface area contributed by atoms with Crippen molar-refractivity contribution in [3.05, 3.63) is 52.8 Å². The summed E-state index contributed by atoms with van der Waals surface area (Å²) in [6.45, 7) is 3.22. The molecule has 2 aliphatic rings. The van der Waals surface area contributed by atoms with Crippen LogP contribution in [0.25, 0.3) is 11.0 Å². The zero-order valence-corrected chi connectivity index (χ0v) is 21.6. The number of thioether (sulfide) groups is 1. The number of hydrogen-bond donors (Lipinski definition) is 0. The molecule has 3 aromatic rings. The monoisotopic (exact) mass is 521 g/mol. The molecule has 0 N–H and O–H groups in total. The first kappa shape index (κ1) is 24.1. The molecule has 1 saturated carbocycles. The van der Waals surface area contributed by atoms with Crippen LogP contribution in [0.3, 0.4) is 0 Å². The lowest BCUT2D eigenvalue weighted by molar-refractivity contribution is 0.281. The van der Waals surface area contributed by atoms with Crippen LogP contribution in [0, 0.1) is 11.7 Å². The maximum absolute atomic E-state index is 14.4. The van der Waals surface area contributed by atoms with Gasteiger partial charge in [0.15, 0.2) is 5.16 Å². The van der Waals surface area contributed by atoms with Crippen molar-refractivity contribution >= 4 is 44.4 Å². The van der Waals surface area contributed by atoms with Gasteiger partial charge in [-0.2, -0.15) is 4.31 Å². The molecule has 2 fully saturated rings. The van der Waals surface area contributed by atoms with Crippen molar-refractivity contribution in [1.82, 2.24) is 13.9 Å². The second-order valence-electron chi connectivity index (χ2n) is 9.49. The topological polar surface area (TPSA) is 55.2 Å². The molecule has 9 heteroatoms. The first-order valence-corrected chi connectivity index (χ1v) is 14.7. The van der Waals surface area contributed by atoms with E-state index in [1.807, 2.05) is 6.07 Å². The molecule has 1 atom stereocenters. The molecule has 0 bridgehead atoms. The average Bonchev–Trinajstić information content (AvgIpc) is 3.45. The van der Waals surface area contributed by atoms with Gasteiger partial charge in [-0.1, -0.05) is 49.2 Å². The number of rotatable bonds is 6. The van der Waals surface area contributed by atoms with Crippen LogP contribution in [0.5, 0.6) is 0 Å². The van der Waals surface area contributed by atoms with E-state index in [0.29, 0.717) is 51.8 Å². The third kappa shape index (κ3) is 4.74. The lowest BCUT2D eigenvalue weighted by atomic mass is 10.0. The van der Waals surface area contributed by atoms with E-state index in [2.05, 4.69) is 11.5 Å². The van der Waals surface area contributed by atoms with Crippen LogP contribution in [-0.4, -0.2) is 35.4 Å². The maximum Gasteiger partial charge on any atom is 0.243 e. The molecule has 5 rings (SSSR count). The number of piperidine rings is 1. The first-order chi connectivity index (χ1) is 16.3. The highest BCUT2D eigenvalue weighted by molar-refractivity contribution is 7.98. The van der Waals surface area contributed by atoms with E-state index in [1.54, 1.807) is 28.6 Å². The Kier molecular flexibility index (Phi) is 6.95. The second-order valence-corrected chi connectivity index (χ2v) is 12.8. The van der Waals surface area contributed by atoms with Gasteiger partial charge in [0.25, 0.3) is 0 Å². The van der Waals surface area contributed by atoms with Crippen LogP contribution in [0.4, 0.5) is 4.39 Å². The zero-order valence-electron chi connectivity index (χ0n) is 19.2. The smallest absolute Gasteiger partial charge is 0.243 e. The molecule has 1 aromatic heterocycles. The Labute approximate surface area is 209 Å². The second kappa shape index (κ2) is 9.80. The summed E-state index contributed by atoms with van der Waals surface area (Å²) in [7, 11) is -3.56.